The highest BCUT2D eigenvalue weighted by Crippen LogP contribution is 2.41. The Hall–Kier alpha value is -3.98. The number of para-hydroxylation sites is 1. The van der Waals surface area contributed by atoms with Crippen molar-refractivity contribution in [3.8, 4) is 17.2 Å². The van der Waals surface area contributed by atoms with E-state index in [0.717, 1.165) is 47.0 Å². The van der Waals surface area contributed by atoms with Gasteiger partial charge >= 0.3 is 0 Å². The van der Waals surface area contributed by atoms with Crippen LogP contribution >= 0.6 is 11.3 Å². The van der Waals surface area contributed by atoms with Gasteiger partial charge in [0.2, 0.25) is 17.6 Å². The largest absolute Gasteiger partial charge is 0.493 e. The van der Waals surface area contributed by atoms with Crippen LogP contribution in [0.5, 0.6) is 17.2 Å². The molecule has 9 heteroatoms. The lowest BCUT2D eigenvalue weighted by molar-refractivity contribution is -0.142. The third-order valence-electron chi connectivity index (χ3n) is 8.02. The number of aryl methyl sites for hydroxylation is 1. The summed E-state index contributed by atoms with van der Waals surface area (Å²) in [4.78, 5) is 34.4. The predicted molar refractivity (Wildman–Crippen MR) is 165 cm³/mol. The SMILES string of the molecule is COc1cc(C(C(=O)NC2CCCCC2)N(Cc2cccs2)C(=O)CCc2c[nH]c3ccccc23)cc(OC)c1OC. The smallest absolute Gasteiger partial charge is 0.247 e. The van der Waals surface area contributed by atoms with Crippen LogP contribution in [0.1, 0.15) is 60.6 Å². The van der Waals surface area contributed by atoms with Crippen LogP contribution in [0.4, 0.5) is 0 Å². The molecule has 2 N–H and O–H groups in total. The second-order valence-electron chi connectivity index (χ2n) is 10.7. The second kappa shape index (κ2) is 13.8. The third kappa shape index (κ3) is 6.57. The van der Waals surface area contributed by atoms with Crippen molar-refractivity contribution < 1.29 is 23.8 Å². The van der Waals surface area contributed by atoms with Gasteiger partial charge in [-0.3, -0.25) is 9.59 Å². The Kier molecular flexibility index (Phi) is 9.69. The molecule has 2 aromatic heterocycles. The first-order chi connectivity index (χ1) is 20.5. The number of ether oxygens (including phenoxy) is 3. The van der Waals surface area contributed by atoms with Gasteiger partial charge in [0, 0.05) is 34.4 Å². The molecular formula is C33H39N3O5S. The molecule has 1 aliphatic carbocycles. The number of fused-ring (bicyclic) bond motifs is 1. The van der Waals surface area contributed by atoms with Gasteiger partial charge in [-0.2, -0.15) is 0 Å². The number of aromatic nitrogens is 1. The fraction of sp³-hybridized carbons (Fsp3) is 0.394. The normalized spacial score (nSPS) is 14.4. The van der Waals surface area contributed by atoms with Crippen molar-refractivity contribution in [3.63, 3.8) is 0 Å². The third-order valence-corrected chi connectivity index (χ3v) is 8.89. The zero-order chi connectivity index (χ0) is 29.5. The molecule has 1 atom stereocenters. The van der Waals surface area contributed by atoms with E-state index in [-0.39, 0.29) is 24.3 Å². The highest BCUT2D eigenvalue weighted by Gasteiger charge is 2.34. The number of rotatable bonds is 12. The first-order valence-electron chi connectivity index (χ1n) is 14.5. The van der Waals surface area contributed by atoms with Crippen LogP contribution in [0.3, 0.4) is 0 Å². The Labute approximate surface area is 251 Å². The molecule has 1 unspecified atom stereocenters. The van der Waals surface area contributed by atoms with Crippen LogP contribution in [0.25, 0.3) is 10.9 Å². The van der Waals surface area contributed by atoms with E-state index in [1.165, 1.54) is 6.42 Å². The number of carbonyl (C=O) groups excluding carboxylic acids is 2. The maximum atomic E-state index is 14.2. The van der Waals surface area contributed by atoms with Gasteiger partial charge in [-0.05, 0) is 60.0 Å². The van der Waals surface area contributed by atoms with Crippen molar-refractivity contribution in [2.24, 2.45) is 0 Å². The van der Waals surface area contributed by atoms with E-state index < -0.39 is 6.04 Å². The minimum atomic E-state index is -0.891. The van der Waals surface area contributed by atoms with E-state index in [0.29, 0.717) is 35.8 Å². The maximum absolute atomic E-state index is 14.2. The zero-order valence-electron chi connectivity index (χ0n) is 24.5. The summed E-state index contributed by atoms with van der Waals surface area (Å²) in [6, 6.07) is 14.8. The Balaban J connectivity index is 1.52. The lowest BCUT2D eigenvalue weighted by Gasteiger charge is -2.33. The summed E-state index contributed by atoms with van der Waals surface area (Å²) in [5, 5.41) is 6.37. The molecule has 2 heterocycles. The Morgan fingerprint density at radius 1 is 1.00 bits per heavy atom. The molecular weight excluding hydrogens is 550 g/mol. The molecule has 8 nitrogen and oxygen atoms in total. The molecule has 1 fully saturated rings. The standard InChI is InChI=1S/C33H39N3O5S/c1-39-28-18-23(19-29(40-2)32(28)41-3)31(33(38)35-24-10-5-4-6-11-24)36(21-25-12-9-17-42-25)30(37)16-15-22-20-34-27-14-8-7-13-26(22)27/h7-9,12-14,17-20,24,31,34H,4-6,10-11,15-16,21H2,1-3H3,(H,35,38). The van der Waals surface area contributed by atoms with Gasteiger partial charge in [0.05, 0.1) is 27.9 Å². The fourth-order valence-corrected chi connectivity index (χ4v) is 6.58. The van der Waals surface area contributed by atoms with Crippen molar-refractivity contribution >= 4 is 34.1 Å². The van der Waals surface area contributed by atoms with Gasteiger partial charge in [-0.1, -0.05) is 43.5 Å². The summed E-state index contributed by atoms with van der Waals surface area (Å²) < 4.78 is 16.8. The number of H-pyrrole nitrogens is 1. The van der Waals surface area contributed by atoms with Crippen LogP contribution in [0.2, 0.25) is 0 Å². The Morgan fingerprint density at radius 3 is 2.40 bits per heavy atom. The zero-order valence-corrected chi connectivity index (χ0v) is 25.3. The number of methoxy groups -OCH3 is 3. The molecule has 0 saturated heterocycles. The number of hydrogen-bond acceptors (Lipinski definition) is 6. The summed E-state index contributed by atoms with van der Waals surface area (Å²) in [5.74, 6) is 0.999. The topological polar surface area (TPSA) is 92.9 Å². The van der Waals surface area contributed by atoms with Crippen LogP contribution < -0.4 is 19.5 Å². The predicted octanol–water partition coefficient (Wildman–Crippen LogP) is 6.41. The maximum Gasteiger partial charge on any atom is 0.247 e. The lowest BCUT2D eigenvalue weighted by atomic mass is 9.94. The fourth-order valence-electron chi connectivity index (χ4n) is 5.88. The van der Waals surface area contributed by atoms with Crippen LogP contribution in [0, 0.1) is 0 Å². The first kappa shape index (κ1) is 29.5. The van der Waals surface area contributed by atoms with Gasteiger partial charge in [0.15, 0.2) is 11.5 Å². The average Bonchev–Trinajstić information content (AvgIpc) is 3.69. The van der Waals surface area contributed by atoms with Crippen molar-refractivity contribution in [3.05, 3.63) is 76.1 Å². The summed E-state index contributed by atoms with van der Waals surface area (Å²) in [6.45, 7) is 0.309. The van der Waals surface area contributed by atoms with E-state index in [4.69, 9.17) is 14.2 Å². The highest BCUT2D eigenvalue weighted by molar-refractivity contribution is 7.09. The number of carbonyl (C=O) groups is 2. The van der Waals surface area contributed by atoms with Gasteiger partial charge in [-0.25, -0.2) is 0 Å². The number of nitrogens with one attached hydrogen (secondary N) is 2. The molecule has 42 heavy (non-hydrogen) atoms. The molecule has 0 spiro atoms. The molecule has 0 bridgehead atoms. The molecule has 0 aliphatic heterocycles. The van der Waals surface area contributed by atoms with Crippen molar-refractivity contribution in [1.82, 2.24) is 15.2 Å². The molecule has 222 valence electrons. The first-order valence-corrected chi connectivity index (χ1v) is 15.4. The minimum Gasteiger partial charge on any atom is -0.493 e. The average molecular weight is 590 g/mol. The van der Waals surface area contributed by atoms with Crippen molar-refractivity contribution in [2.45, 2.75) is 63.6 Å². The molecule has 1 aliphatic rings. The lowest BCUT2D eigenvalue weighted by Crippen LogP contribution is -2.46. The van der Waals surface area contributed by atoms with Crippen LogP contribution in [-0.4, -0.2) is 49.1 Å². The number of hydrogen-bond donors (Lipinski definition) is 2. The van der Waals surface area contributed by atoms with Gasteiger partial charge < -0.3 is 29.4 Å². The Bertz CT molecular complexity index is 1470. The number of thiophene rings is 1. The number of aromatic amines is 1. The molecule has 2 amide bonds. The van der Waals surface area contributed by atoms with E-state index in [2.05, 4.69) is 16.4 Å². The number of amides is 2. The van der Waals surface area contributed by atoms with Crippen LogP contribution in [0.15, 0.2) is 60.1 Å². The monoisotopic (exact) mass is 589 g/mol. The summed E-state index contributed by atoms with van der Waals surface area (Å²) in [5.41, 5.74) is 2.72. The molecule has 4 aromatic rings. The molecule has 0 radical (unpaired) electrons. The molecule has 5 rings (SSSR count). The van der Waals surface area contributed by atoms with Gasteiger partial charge in [0.1, 0.15) is 6.04 Å². The highest BCUT2D eigenvalue weighted by atomic mass is 32.1. The minimum absolute atomic E-state index is 0.0840. The van der Waals surface area contributed by atoms with E-state index in [1.807, 2.05) is 41.9 Å². The van der Waals surface area contributed by atoms with Crippen molar-refractivity contribution in [2.75, 3.05) is 21.3 Å². The molecule has 2 aromatic carbocycles. The van der Waals surface area contributed by atoms with Crippen molar-refractivity contribution in [1.29, 1.82) is 0 Å². The molecule has 1 saturated carbocycles. The quantitative estimate of drug-likeness (QED) is 0.199. The second-order valence-corrected chi connectivity index (χ2v) is 11.7. The summed E-state index contributed by atoms with van der Waals surface area (Å²) >= 11 is 1.57. The number of benzene rings is 2. The summed E-state index contributed by atoms with van der Waals surface area (Å²) in [7, 11) is 4.65. The van der Waals surface area contributed by atoms with Gasteiger partial charge in [-0.15, -0.1) is 11.3 Å². The summed E-state index contributed by atoms with van der Waals surface area (Å²) in [6.07, 6.45) is 8.00. The van der Waals surface area contributed by atoms with Gasteiger partial charge in [0.25, 0.3) is 0 Å². The Morgan fingerprint density at radius 2 is 1.74 bits per heavy atom. The van der Waals surface area contributed by atoms with E-state index in [9.17, 15) is 9.59 Å². The van der Waals surface area contributed by atoms with Crippen LogP contribution in [-0.2, 0) is 22.6 Å². The van der Waals surface area contributed by atoms with E-state index >= 15 is 0 Å². The number of nitrogens with zero attached hydrogens (tertiary/aromatic N) is 1. The van der Waals surface area contributed by atoms with E-state index in [1.54, 1.807) is 49.7 Å².